The predicted octanol–water partition coefficient (Wildman–Crippen LogP) is 1.98. The van der Waals surface area contributed by atoms with Gasteiger partial charge in [0.05, 0.1) is 12.9 Å². The van der Waals surface area contributed by atoms with Gasteiger partial charge in [-0.1, -0.05) is 6.42 Å². The van der Waals surface area contributed by atoms with E-state index in [0.29, 0.717) is 30.8 Å². The van der Waals surface area contributed by atoms with Gasteiger partial charge in [-0.2, -0.15) is 0 Å². The van der Waals surface area contributed by atoms with Gasteiger partial charge >= 0.3 is 0 Å². The van der Waals surface area contributed by atoms with E-state index in [0.717, 1.165) is 19.3 Å². The lowest BCUT2D eigenvalue weighted by Crippen LogP contribution is -2.40. The number of carbonyl (C=O) groups is 2. The quantitative estimate of drug-likeness (QED) is 0.611. The molecule has 0 atom stereocenters. The molecule has 1 aliphatic rings. The highest BCUT2D eigenvalue weighted by atomic mass is 32.2. The molecule has 1 amide bonds. The van der Waals surface area contributed by atoms with E-state index in [1.54, 1.807) is 31.4 Å². The Morgan fingerprint density at radius 3 is 2.37 bits per heavy atom. The van der Waals surface area contributed by atoms with Gasteiger partial charge < -0.3 is 10.1 Å². The summed E-state index contributed by atoms with van der Waals surface area (Å²) in [5, 5.41) is 2.63. The molecule has 0 aliphatic carbocycles. The number of sulfonamides is 1. The van der Waals surface area contributed by atoms with Gasteiger partial charge in [-0.25, -0.2) is 12.7 Å². The fourth-order valence-corrected chi connectivity index (χ4v) is 4.44. The van der Waals surface area contributed by atoms with E-state index in [-0.39, 0.29) is 36.8 Å². The highest BCUT2D eigenvalue weighted by Crippen LogP contribution is 2.14. The van der Waals surface area contributed by atoms with E-state index >= 15 is 0 Å². The maximum atomic E-state index is 12.2. The third kappa shape index (κ3) is 6.95. The van der Waals surface area contributed by atoms with Crippen molar-refractivity contribution in [2.24, 2.45) is 0 Å². The van der Waals surface area contributed by atoms with Crippen LogP contribution in [0, 0.1) is 0 Å². The first kappa shape index (κ1) is 21.4. The number of carbonyl (C=O) groups excluding carboxylic acids is 2. The molecule has 1 aromatic rings. The average molecular weight is 397 g/mol. The molecule has 8 heteroatoms. The Hall–Kier alpha value is -1.93. The minimum absolute atomic E-state index is 0.0295. The minimum Gasteiger partial charge on any atom is -0.497 e. The molecule has 1 heterocycles. The molecule has 0 bridgehead atoms. The largest absolute Gasteiger partial charge is 0.497 e. The second-order valence-electron chi connectivity index (χ2n) is 6.63. The van der Waals surface area contributed by atoms with Crippen molar-refractivity contribution in [2.75, 3.05) is 32.5 Å². The van der Waals surface area contributed by atoms with Gasteiger partial charge in [-0.15, -0.1) is 0 Å². The van der Waals surface area contributed by atoms with E-state index in [1.165, 1.54) is 4.31 Å². The molecule has 150 valence electrons. The molecule has 1 aliphatic heterocycles. The molecule has 1 aromatic carbocycles. The van der Waals surface area contributed by atoms with Crippen LogP contribution in [0.1, 0.15) is 48.9 Å². The lowest BCUT2D eigenvalue weighted by Gasteiger charge is -2.25. The molecule has 1 N–H and O–H groups in total. The first-order chi connectivity index (χ1) is 12.9. The SMILES string of the molecule is COc1ccc(C(=O)CCCC(=O)NCCS(=O)(=O)N2CCCCC2)cc1. The number of methoxy groups -OCH3 is 1. The summed E-state index contributed by atoms with van der Waals surface area (Å²) in [6, 6.07) is 6.85. The molecule has 0 radical (unpaired) electrons. The Morgan fingerprint density at radius 2 is 1.74 bits per heavy atom. The molecule has 0 spiro atoms. The Bertz CT molecular complexity index is 725. The number of ether oxygens (including phenoxy) is 1. The van der Waals surface area contributed by atoms with Crippen molar-refractivity contribution in [3.05, 3.63) is 29.8 Å². The van der Waals surface area contributed by atoms with Gasteiger partial charge in [0.1, 0.15) is 5.75 Å². The van der Waals surface area contributed by atoms with Gasteiger partial charge in [0, 0.05) is 38.0 Å². The molecule has 0 aromatic heterocycles. The Morgan fingerprint density at radius 1 is 1.07 bits per heavy atom. The van der Waals surface area contributed by atoms with E-state index in [9.17, 15) is 18.0 Å². The van der Waals surface area contributed by atoms with Crippen LogP contribution < -0.4 is 10.1 Å². The van der Waals surface area contributed by atoms with Crippen LogP contribution in [0.2, 0.25) is 0 Å². The zero-order valence-corrected chi connectivity index (χ0v) is 16.6. The number of Topliss-reactive ketones (excluding diaryl/α,β-unsaturated/α-hetero) is 1. The zero-order valence-electron chi connectivity index (χ0n) is 15.8. The van der Waals surface area contributed by atoms with Crippen LogP contribution in [0.3, 0.4) is 0 Å². The fraction of sp³-hybridized carbons (Fsp3) is 0.579. The Labute approximate surface area is 161 Å². The van der Waals surface area contributed by atoms with Gasteiger partial charge in [-0.05, 0) is 43.5 Å². The lowest BCUT2D eigenvalue weighted by atomic mass is 10.1. The summed E-state index contributed by atoms with van der Waals surface area (Å²) in [5.41, 5.74) is 0.587. The van der Waals surface area contributed by atoms with Crippen LogP contribution in [-0.4, -0.2) is 56.9 Å². The van der Waals surface area contributed by atoms with E-state index in [4.69, 9.17) is 4.74 Å². The summed E-state index contributed by atoms with van der Waals surface area (Å²) in [7, 11) is -1.74. The number of amides is 1. The van der Waals surface area contributed by atoms with Crippen molar-refractivity contribution in [1.29, 1.82) is 0 Å². The van der Waals surface area contributed by atoms with Gasteiger partial charge in [-0.3, -0.25) is 9.59 Å². The smallest absolute Gasteiger partial charge is 0.220 e. The van der Waals surface area contributed by atoms with Crippen molar-refractivity contribution in [3.8, 4) is 5.75 Å². The van der Waals surface area contributed by atoms with Gasteiger partial charge in [0.25, 0.3) is 0 Å². The number of nitrogens with one attached hydrogen (secondary N) is 1. The van der Waals surface area contributed by atoms with Crippen LogP contribution in [0.5, 0.6) is 5.75 Å². The number of rotatable bonds is 10. The van der Waals surface area contributed by atoms with E-state index in [1.807, 2.05) is 0 Å². The first-order valence-electron chi connectivity index (χ1n) is 9.34. The van der Waals surface area contributed by atoms with Crippen LogP contribution in [0.15, 0.2) is 24.3 Å². The summed E-state index contributed by atoms with van der Waals surface area (Å²) in [6.45, 7) is 1.25. The summed E-state index contributed by atoms with van der Waals surface area (Å²) < 4.78 is 30.9. The average Bonchev–Trinajstić information content (AvgIpc) is 2.68. The van der Waals surface area contributed by atoms with Crippen molar-refractivity contribution >= 4 is 21.7 Å². The molecule has 1 fully saturated rings. The molecular weight excluding hydrogens is 368 g/mol. The molecular formula is C19H28N2O5S. The molecule has 0 unspecified atom stereocenters. The maximum Gasteiger partial charge on any atom is 0.220 e. The summed E-state index contributed by atoms with van der Waals surface area (Å²) in [4.78, 5) is 23.9. The zero-order chi connectivity index (χ0) is 19.7. The third-order valence-corrected chi connectivity index (χ3v) is 6.48. The standard InChI is InChI=1S/C19H28N2O5S/c1-26-17-10-8-16(9-11-17)18(22)6-5-7-19(23)20-12-15-27(24,25)21-13-3-2-4-14-21/h8-11H,2-7,12-15H2,1H3,(H,20,23). The number of nitrogens with zero attached hydrogens (tertiary/aromatic N) is 1. The van der Waals surface area contributed by atoms with Crippen molar-refractivity contribution < 1.29 is 22.7 Å². The highest BCUT2D eigenvalue weighted by molar-refractivity contribution is 7.89. The molecule has 0 saturated carbocycles. The fourth-order valence-electron chi connectivity index (χ4n) is 3.01. The second kappa shape index (κ2) is 10.4. The van der Waals surface area contributed by atoms with Crippen LogP contribution in [0.4, 0.5) is 0 Å². The maximum absolute atomic E-state index is 12.2. The van der Waals surface area contributed by atoms with Crippen LogP contribution in [0.25, 0.3) is 0 Å². The molecule has 1 saturated heterocycles. The number of hydrogen-bond acceptors (Lipinski definition) is 5. The number of hydrogen-bond donors (Lipinski definition) is 1. The van der Waals surface area contributed by atoms with Crippen LogP contribution >= 0.6 is 0 Å². The topological polar surface area (TPSA) is 92.8 Å². The van der Waals surface area contributed by atoms with Crippen molar-refractivity contribution in [2.45, 2.75) is 38.5 Å². The Balaban J connectivity index is 1.64. The number of benzene rings is 1. The predicted molar refractivity (Wildman–Crippen MR) is 103 cm³/mol. The monoisotopic (exact) mass is 396 g/mol. The van der Waals surface area contributed by atoms with Crippen molar-refractivity contribution in [1.82, 2.24) is 9.62 Å². The second-order valence-corrected chi connectivity index (χ2v) is 8.72. The summed E-state index contributed by atoms with van der Waals surface area (Å²) in [5.74, 6) is 0.346. The normalized spacial score (nSPS) is 15.3. The first-order valence-corrected chi connectivity index (χ1v) is 10.9. The summed E-state index contributed by atoms with van der Waals surface area (Å²) >= 11 is 0. The number of piperidine rings is 1. The minimum atomic E-state index is -3.30. The van der Waals surface area contributed by atoms with Gasteiger partial charge in [0.2, 0.25) is 15.9 Å². The Kier molecular flexibility index (Phi) is 8.24. The van der Waals surface area contributed by atoms with E-state index in [2.05, 4.69) is 5.32 Å². The highest BCUT2D eigenvalue weighted by Gasteiger charge is 2.23. The van der Waals surface area contributed by atoms with Gasteiger partial charge in [0.15, 0.2) is 5.78 Å². The molecule has 7 nitrogen and oxygen atoms in total. The van der Waals surface area contributed by atoms with Crippen LogP contribution in [-0.2, 0) is 14.8 Å². The molecule has 2 rings (SSSR count). The third-order valence-electron chi connectivity index (χ3n) is 4.61. The summed E-state index contributed by atoms with van der Waals surface area (Å²) in [6.07, 6.45) is 3.76. The molecule has 27 heavy (non-hydrogen) atoms. The van der Waals surface area contributed by atoms with Crippen molar-refractivity contribution in [3.63, 3.8) is 0 Å². The van der Waals surface area contributed by atoms with E-state index < -0.39 is 10.0 Å². The number of ketones is 1. The lowest BCUT2D eigenvalue weighted by molar-refractivity contribution is -0.121.